The van der Waals surface area contributed by atoms with Gasteiger partial charge in [-0.25, -0.2) is 4.79 Å². The molecular weight excluding hydrogens is 330 g/mol. The molecule has 1 saturated heterocycles. The summed E-state index contributed by atoms with van der Waals surface area (Å²) in [6, 6.07) is 7.41. The van der Waals surface area contributed by atoms with E-state index in [-0.39, 0.29) is 17.5 Å². The maximum Gasteiger partial charge on any atom is 0.351 e. The summed E-state index contributed by atoms with van der Waals surface area (Å²) in [5.74, 6) is -1.22. The van der Waals surface area contributed by atoms with Crippen LogP contribution in [-0.2, 0) is 14.4 Å². The van der Waals surface area contributed by atoms with Gasteiger partial charge in [-0.2, -0.15) is 0 Å². The Kier molecular flexibility index (Phi) is 4.48. The highest BCUT2D eigenvalue weighted by atomic mass is 32.2. The summed E-state index contributed by atoms with van der Waals surface area (Å²) >= 11 is 1.39. The van der Waals surface area contributed by atoms with E-state index in [0.29, 0.717) is 16.9 Å². The van der Waals surface area contributed by atoms with Crippen molar-refractivity contribution in [3.05, 3.63) is 47.2 Å². The van der Waals surface area contributed by atoms with Crippen LogP contribution in [0.25, 0.3) is 0 Å². The first-order valence-electron chi connectivity index (χ1n) is 7.44. The number of carbonyl (C=O) groups excluding carboxylic acids is 2. The second kappa shape index (κ2) is 6.56. The molecular formula is C16H17N3O4S. The fourth-order valence-electron chi connectivity index (χ4n) is 2.71. The first-order valence-corrected chi connectivity index (χ1v) is 8.49. The predicted octanol–water partition coefficient (Wildman–Crippen LogP) is 0.363. The van der Waals surface area contributed by atoms with Crippen molar-refractivity contribution in [3.8, 4) is 0 Å². The standard InChI is InChI=1S/C16H17N3O4S/c1-8-7-24-15(19-10(8)16(22)23)12-14(21)17-11(13(20)18-12)9-5-3-2-4-6-9/h2-6,11-12,15,19H,7H2,1H3,(H,17,21)(H,18,20)(H,22,23)/t11-,12+,15-/m0/s1. The van der Waals surface area contributed by atoms with E-state index in [1.807, 2.05) is 6.07 Å². The molecule has 3 rings (SSSR count). The number of thioether (sulfide) groups is 1. The fraction of sp³-hybridized carbons (Fsp3) is 0.312. The van der Waals surface area contributed by atoms with Crippen molar-refractivity contribution in [2.75, 3.05) is 5.75 Å². The van der Waals surface area contributed by atoms with Crippen molar-refractivity contribution >= 4 is 29.5 Å². The maximum absolute atomic E-state index is 12.4. The summed E-state index contributed by atoms with van der Waals surface area (Å²) in [5, 5.41) is 17.0. The molecule has 2 heterocycles. The van der Waals surface area contributed by atoms with Gasteiger partial charge in [-0.15, -0.1) is 11.8 Å². The minimum Gasteiger partial charge on any atom is -0.477 e. The average molecular weight is 347 g/mol. The highest BCUT2D eigenvalue weighted by Gasteiger charge is 2.41. The van der Waals surface area contributed by atoms with Crippen molar-refractivity contribution in [3.63, 3.8) is 0 Å². The lowest BCUT2D eigenvalue weighted by atomic mass is 10.0. The zero-order valence-electron chi connectivity index (χ0n) is 12.9. The van der Waals surface area contributed by atoms with Crippen LogP contribution >= 0.6 is 11.8 Å². The van der Waals surface area contributed by atoms with Gasteiger partial charge < -0.3 is 21.1 Å². The number of carboxylic acid groups (broad SMARTS) is 1. The van der Waals surface area contributed by atoms with Crippen LogP contribution in [0.4, 0.5) is 0 Å². The van der Waals surface area contributed by atoms with E-state index in [1.165, 1.54) is 11.8 Å². The molecule has 4 N–H and O–H groups in total. The van der Waals surface area contributed by atoms with E-state index in [0.717, 1.165) is 0 Å². The smallest absolute Gasteiger partial charge is 0.351 e. The third-order valence-corrected chi connectivity index (χ3v) is 5.32. The molecule has 0 spiro atoms. The van der Waals surface area contributed by atoms with Gasteiger partial charge in [-0.1, -0.05) is 30.3 Å². The summed E-state index contributed by atoms with van der Waals surface area (Å²) < 4.78 is 0. The summed E-state index contributed by atoms with van der Waals surface area (Å²) in [6.45, 7) is 1.73. The number of rotatable bonds is 3. The Labute approximate surface area is 142 Å². The first-order chi connectivity index (χ1) is 11.5. The Morgan fingerprint density at radius 3 is 2.50 bits per heavy atom. The first kappa shape index (κ1) is 16.4. The van der Waals surface area contributed by atoms with Gasteiger partial charge in [0, 0.05) is 5.75 Å². The third kappa shape index (κ3) is 3.09. The molecule has 1 aromatic rings. The van der Waals surface area contributed by atoms with Crippen LogP contribution < -0.4 is 16.0 Å². The minimum atomic E-state index is -1.07. The lowest BCUT2D eigenvalue weighted by molar-refractivity contribution is -0.137. The molecule has 7 nitrogen and oxygen atoms in total. The summed E-state index contributed by atoms with van der Waals surface area (Å²) in [6.07, 6.45) is 0. The minimum absolute atomic E-state index is 0.0889. The topological polar surface area (TPSA) is 108 Å². The van der Waals surface area contributed by atoms with Crippen LogP contribution in [0.3, 0.4) is 0 Å². The number of amides is 2. The Balaban J connectivity index is 1.75. The lowest BCUT2D eigenvalue weighted by Crippen LogP contribution is -2.64. The second-order valence-corrected chi connectivity index (χ2v) is 6.80. The van der Waals surface area contributed by atoms with E-state index < -0.39 is 23.4 Å². The largest absolute Gasteiger partial charge is 0.477 e. The van der Waals surface area contributed by atoms with Crippen LogP contribution in [0.15, 0.2) is 41.6 Å². The van der Waals surface area contributed by atoms with Crippen LogP contribution in [0, 0.1) is 0 Å². The van der Waals surface area contributed by atoms with E-state index in [2.05, 4.69) is 16.0 Å². The molecule has 8 heteroatoms. The molecule has 24 heavy (non-hydrogen) atoms. The van der Waals surface area contributed by atoms with Crippen molar-refractivity contribution < 1.29 is 19.5 Å². The Hall–Kier alpha value is -2.48. The number of hydrogen-bond acceptors (Lipinski definition) is 5. The number of carbonyl (C=O) groups is 3. The molecule has 1 aromatic carbocycles. The zero-order valence-corrected chi connectivity index (χ0v) is 13.7. The second-order valence-electron chi connectivity index (χ2n) is 5.67. The van der Waals surface area contributed by atoms with E-state index in [4.69, 9.17) is 0 Å². The highest BCUT2D eigenvalue weighted by molar-refractivity contribution is 8.00. The van der Waals surface area contributed by atoms with Gasteiger partial charge in [0.25, 0.3) is 0 Å². The number of hydrogen-bond donors (Lipinski definition) is 4. The quantitative estimate of drug-likeness (QED) is 0.629. The number of carboxylic acids is 1. The molecule has 3 atom stereocenters. The van der Waals surface area contributed by atoms with Crippen LogP contribution in [0.1, 0.15) is 18.5 Å². The number of piperazine rings is 1. The molecule has 2 amide bonds. The molecule has 1 fully saturated rings. The molecule has 2 aliphatic rings. The number of benzene rings is 1. The van der Waals surface area contributed by atoms with Crippen LogP contribution in [0.5, 0.6) is 0 Å². The predicted molar refractivity (Wildman–Crippen MR) is 89.0 cm³/mol. The number of nitrogens with one attached hydrogen (secondary N) is 3. The summed E-state index contributed by atoms with van der Waals surface area (Å²) in [7, 11) is 0. The molecule has 0 bridgehead atoms. The molecule has 0 aliphatic carbocycles. The maximum atomic E-state index is 12.4. The Morgan fingerprint density at radius 2 is 1.83 bits per heavy atom. The molecule has 0 unspecified atom stereocenters. The van der Waals surface area contributed by atoms with Crippen molar-refractivity contribution in [2.45, 2.75) is 24.4 Å². The van der Waals surface area contributed by atoms with Gasteiger partial charge in [-0.05, 0) is 18.1 Å². The van der Waals surface area contributed by atoms with Crippen LogP contribution in [-0.4, -0.2) is 40.1 Å². The molecule has 0 aromatic heterocycles. The Morgan fingerprint density at radius 1 is 1.12 bits per heavy atom. The fourth-order valence-corrected chi connectivity index (χ4v) is 3.87. The molecule has 0 radical (unpaired) electrons. The van der Waals surface area contributed by atoms with Gasteiger partial charge in [0.2, 0.25) is 11.8 Å². The molecule has 0 saturated carbocycles. The number of aliphatic carboxylic acids is 1. The molecule has 126 valence electrons. The van der Waals surface area contributed by atoms with Gasteiger partial charge >= 0.3 is 5.97 Å². The Bertz CT molecular complexity index is 719. The third-order valence-electron chi connectivity index (χ3n) is 3.97. The zero-order chi connectivity index (χ0) is 17.3. The SMILES string of the molecule is CC1=C(C(=O)O)N[C@H]([C@@H]2NC(=O)[C@H](c3ccccc3)NC2=O)SC1. The van der Waals surface area contributed by atoms with Gasteiger partial charge in [-0.3, -0.25) is 9.59 Å². The highest BCUT2D eigenvalue weighted by Crippen LogP contribution is 2.26. The van der Waals surface area contributed by atoms with Crippen molar-refractivity contribution in [1.29, 1.82) is 0 Å². The van der Waals surface area contributed by atoms with Crippen LogP contribution in [0.2, 0.25) is 0 Å². The monoisotopic (exact) mass is 347 g/mol. The van der Waals surface area contributed by atoms with E-state index in [1.54, 1.807) is 31.2 Å². The average Bonchev–Trinajstić information content (AvgIpc) is 2.57. The van der Waals surface area contributed by atoms with E-state index in [9.17, 15) is 19.5 Å². The van der Waals surface area contributed by atoms with Crippen molar-refractivity contribution in [2.24, 2.45) is 0 Å². The molecule has 2 aliphatic heterocycles. The van der Waals surface area contributed by atoms with Crippen molar-refractivity contribution in [1.82, 2.24) is 16.0 Å². The summed E-state index contributed by atoms with van der Waals surface area (Å²) in [5.41, 5.74) is 1.49. The van der Waals surface area contributed by atoms with Gasteiger partial charge in [0.15, 0.2) is 0 Å². The normalized spacial score (nSPS) is 27.1. The lowest BCUT2D eigenvalue weighted by Gasteiger charge is -2.36. The summed E-state index contributed by atoms with van der Waals surface area (Å²) in [4.78, 5) is 36.1. The van der Waals surface area contributed by atoms with E-state index >= 15 is 0 Å². The van der Waals surface area contributed by atoms with Gasteiger partial charge in [0.1, 0.15) is 23.2 Å². The van der Waals surface area contributed by atoms with Gasteiger partial charge in [0.05, 0.1) is 0 Å².